The van der Waals surface area contributed by atoms with E-state index in [-0.39, 0.29) is 30.8 Å². The lowest BCUT2D eigenvalue weighted by Gasteiger charge is -2.13. The number of rotatable bonds is 3. The van der Waals surface area contributed by atoms with Gasteiger partial charge in [-0.1, -0.05) is 6.07 Å². The zero-order chi connectivity index (χ0) is 15.1. The summed E-state index contributed by atoms with van der Waals surface area (Å²) < 4.78 is 5.16. The lowest BCUT2D eigenvalue weighted by molar-refractivity contribution is -0.125. The summed E-state index contributed by atoms with van der Waals surface area (Å²) in [7, 11) is 1.57. The van der Waals surface area contributed by atoms with Crippen molar-refractivity contribution in [3.8, 4) is 0 Å². The van der Waals surface area contributed by atoms with Gasteiger partial charge in [0.05, 0.1) is 6.54 Å². The molecule has 1 fully saturated rings. The maximum Gasteiger partial charge on any atom is 0.371 e. The Morgan fingerprint density at radius 1 is 1.33 bits per heavy atom. The van der Waals surface area contributed by atoms with Crippen molar-refractivity contribution in [2.45, 2.75) is 6.54 Å². The van der Waals surface area contributed by atoms with Gasteiger partial charge < -0.3 is 14.4 Å². The van der Waals surface area contributed by atoms with Crippen molar-refractivity contribution in [3.63, 3.8) is 0 Å². The van der Waals surface area contributed by atoms with Gasteiger partial charge in [0.25, 0.3) is 5.91 Å². The maximum absolute atomic E-state index is 11.8. The van der Waals surface area contributed by atoms with Crippen LogP contribution in [0.25, 0.3) is 11.0 Å². The molecule has 1 saturated heterocycles. The summed E-state index contributed by atoms with van der Waals surface area (Å²) in [6.07, 6.45) is 0. The van der Waals surface area contributed by atoms with E-state index >= 15 is 0 Å². The minimum absolute atomic E-state index is 0.0793. The van der Waals surface area contributed by atoms with Crippen LogP contribution in [0.4, 0.5) is 4.79 Å². The first-order valence-corrected chi connectivity index (χ1v) is 6.27. The lowest BCUT2D eigenvalue weighted by atomic mass is 10.1. The van der Waals surface area contributed by atoms with Gasteiger partial charge in [-0.25, -0.2) is 9.59 Å². The van der Waals surface area contributed by atoms with Crippen LogP contribution < -0.4 is 0 Å². The van der Waals surface area contributed by atoms with E-state index in [1.54, 1.807) is 25.2 Å². The highest BCUT2D eigenvalue weighted by atomic mass is 16.4. The highest BCUT2D eigenvalue weighted by molar-refractivity contribution is 6.01. The predicted octanol–water partition coefficient (Wildman–Crippen LogP) is 1.52. The number of amides is 3. The second-order valence-corrected chi connectivity index (χ2v) is 4.91. The molecular formula is C14H12N2O5. The number of benzene rings is 1. The number of nitrogens with zero attached hydrogens (tertiary/aromatic N) is 2. The Morgan fingerprint density at radius 3 is 2.71 bits per heavy atom. The number of furan rings is 1. The molecule has 2 aromatic rings. The molecule has 1 aliphatic heterocycles. The van der Waals surface area contributed by atoms with E-state index < -0.39 is 5.97 Å². The molecule has 0 spiro atoms. The number of carboxylic acids is 1. The van der Waals surface area contributed by atoms with Gasteiger partial charge in [0.15, 0.2) is 0 Å². The van der Waals surface area contributed by atoms with Crippen molar-refractivity contribution in [3.05, 3.63) is 35.6 Å². The van der Waals surface area contributed by atoms with Crippen LogP contribution in [0.15, 0.2) is 28.7 Å². The molecule has 0 saturated carbocycles. The Labute approximate surface area is 119 Å². The highest BCUT2D eigenvalue weighted by Gasteiger charge is 2.33. The normalized spacial score (nSPS) is 15.3. The summed E-state index contributed by atoms with van der Waals surface area (Å²) in [4.78, 5) is 36.9. The summed E-state index contributed by atoms with van der Waals surface area (Å²) in [6, 6.07) is 6.13. The molecule has 3 rings (SSSR count). The smallest absolute Gasteiger partial charge is 0.371 e. The number of likely N-dealkylation sites (N-methyl/N-ethyl adjacent to an activating group) is 1. The second kappa shape index (κ2) is 4.62. The molecule has 0 aliphatic carbocycles. The van der Waals surface area contributed by atoms with E-state index in [9.17, 15) is 14.4 Å². The molecule has 1 aromatic carbocycles. The minimum atomic E-state index is -1.14. The first kappa shape index (κ1) is 13.2. The van der Waals surface area contributed by atoms with Crippen molar-refractivity contribution >= 4 is 28.9 Å². The Balaban J connectivity index is 1.89. The molecule has 2 heterocycles. The number of carbonyl (C=O) groups is 3. The zero-order valence-corrected chi connectivity index (χ0v) is 11.2. The van der Waals surface area contributed by atoms with Crippen molar-refractivity contribution < 1.29 is 23.9 Å². The fraction of sp³-hybridized carbons (Fsp3) is 0.214. The van der Waals surface area contributed by atoms with Gasteiger partial charge in [-0.15, -0.1) is 0 Å². The predicted molar refractivity (Wildman–Crippen MR) is 71.7 cm³/mol. The fourth-order valence-electron chi connectivity index (χ4n) is 2.30. The SMILES string of the molecule is CN1CC(=O)N(Cc2ccc3oc(C(=O)O)cc3c2)C1=O. The minimum Gasteiger partial charge on any atom is -0.475 e. The number of hydrogen-bond acceptors (Lipinski definition) is 4. The van der Waals surface area contributed by atoms with Crippen LogP contribution in [0.3, 0.4) is 0 Å². The van der Waals surface area contributed by atoms with Gasteiger partial charge in [-0.3, -0.25) is 9.69 Å². The Kier molecular flexibility index (Phi) is 2.90. The third kappa shape index (κ3) is 2.22. The molecule has 0 unspecified atom stereocenters. The lowest BCUT2D eigenvalue weighted by Crippen LogP contribution is -2.30. The highest BCUT2D eigenvalue weighted by Crippen LogP contribution is 2.22. The summed E-state index contributed by atoms with van der Waals surface area (Å²) in [5, 5.41) is 9.51. The third-order valence-electron chi connectivity index (χ3n) is 3.36. The number of hydrogen-bond donors (Lipinski definition) is 1. The molecule has 7 nitrogen and oxygen atoms in total. The van der Waals surface area contributed by atoms with Gasteiger partial charge in [-0.05, 0) is 23.8 Å². The Morgan fingerprint density at radius 2 is 2.10 bits per heavy atom. The second-order valence-electron chi connectivity index (χ2n) is 4.91. The number of urea groups is 1. The van der Waals surface area contributed by atoms with Crippen LogP contribution in [-0.4, -0.2) is 46.4 Å². The van der Waals surface area contributed by atoms with Crippen LogP contribution in [-0.2, 0) is 11.3 Å². The summed E-state index contributed by atoms with van der Waals surface area (Å²) >= 11 is 0. The molecular weight excluding hydrogens is 276 g/mol. The molecule has 3 amide bonds. The van der Waals surface area contributed by atoms with Crippen LogP contribution in [0.5, 0.6) is 0 Å². The number of carbonyl (C=O) groups excluding carboxylic acids is 2. The zero-order valence-electron chi connectivity index (χ0n) is 11.2. The largest absolute Gasteiger partial charge is 0.475 e. The Hall–Kier alpha value is -2.83. The quantitative estimate of drug-likeness (QED) is 0.865. The van der Waals surface area contributed by atoms with Gasteiger partial charge in [0.1, 0.15) is 12.1 Å². The first-order chi connectivity index (χ1) is 9.95. The molecule has 0 bridgehead atoms. The third-order valence-corrected chi connectivity index (χ3v) is 3.36. The van der Waals surface area contributed by atoms with Crippen molar-refractivity contribution in [1.29, 1.82) is 0 Å². The Bertz CT molecular complexity index is 764. The van der Waals surface area contributed by atoms with Crippen LogP contribution in [0.2, 0.25) is 0 Å². The van der Waals surface area contributed by atoms with Gasteiger partial charge in [0, 0.05) is 12.4 Å². The molecule has 7 heteroatoms. The number of aromatic carboxylic acids is 1. The van der Waals surface area contributed by atoms with Crippen molar-refractivity contribution in [2.24, 2.45) is 0 Å². The van der Waals surface area contributed by atoms with E-state index in [0.717, 1.165) is 5.56 Å². The van der Waals surface area contributed by atoms with Crippen molar-refractivity contribution in [1.82, 2.24) is 9.80 Å². The van der Waals surface area contributed by atoms with Crippen LogP contribution in [0, 0.1) is 0 Å². The van der Waals surface area contributed by atoms with E-state index in [1.807, 2.05) is 0 Å². The maximum atomic E-state index is 11.8. The molecule has 1 aliphatic rings. The molecule has 21 heavy (non-hydrogen) atoms. The molecule has 0 atom stereocenters. The first-order valence-electron chi connectivity index (χ1n) is 6.27. The molecule has 1 aromatic heterocycles. The summed E-state index contributed by atoms with van der Waals surface area (Å²) in [5.41, 5.74) is 1.18. The monoisotopic (exact) mass is 288 g/mol. The fourth-order valence-corrected chi connectivity index (χ4v) is 2.30. The molecule has 108 valence electrons. The van der Waals surface area contributed by atoms with Gasteiger partial charge in [-0.2, -0.15) is 0 Å². The van der Waals surface area contributed by atoms with Crippen molar-refractivity contribution in [2.75, 3.05) is 13.6 Å². The molecule has 1 N–H and O–H groups in total. The van der Waals surface area contributed by atoms with Crippen LogP contribution >= 0.6 is 0 Å². The summed E-state index contributed by atoms with van der Waals surface area (Å²) in [5.74, 6) is -1.53. The summed E-state index contributed by atoms with van der Waals surface area (Å²) in [6.45, 7) is 0.238. The number of carboxylic acid groups (broad SMARTS) is 1. The van der Waals surface area contributed by atoms with E-state index in [0.29, 0.717) is 11.0 Å². The molecule has 0 radical (unpaired) electrons. The van der Waals surface area contributed by atoms with Crippen LogP contribution in [0.1, 0.15) is 16.1 Å². The van der Waals surface area contributed by atoms with E-state index in [1.165, 1.54) is 15.9 Å². The van der Waals surface area contributed by atoms with E-state index in [4.69, 9.17) is 9.52 Å². The van der Waals surface area contributed by atoms with E-state index in [2.05, 4.69) is 0 Å². The average Bonchev–Trinajstić information content (AvgIpc) is 2.95. The average molecular weight is 288 g/mol. The number of fused-ring (bicyclic) bond motifs is 1. The van der Waals surface area contributed by atoms with Gasteiger partial charge in [0.2, 0.25) is 5.76 Å². The standard InChI is InChI=1S/C14H12N2O5/c1-15-7-12(17)16(14(15)20)6-8-2-3-10-9(4-8)5-11(21-10)13(18)19/h2-5H,6-7H2,1H3,(H,18,19). The number of imide groups is 1. The topological polar surface area (TPSA) is 91.1 Å². The van der Waals surface area contributed by atoms with Gasteiger partial charge >= 0.3 is 12.0 Å².